The minimum absolute atomic E-state index is 0.0827. The van der Waals surface area contributed by atoms with E-state index in [-0.39, 0.29) is 23.9 Å². The summed E-state index contributed by atoms with van der Waals surface area (Å²) in [5.41, 5.74) is 1.13. The van der Waals surface area contributed by atoms with E-state index in [9.17, 15) is 9.59 Å². The molecule has 2 aliphatic heterocycles. The zero-order valence-electron chi connectivity index (χ0n) is 21.4. The Hall–Kier alpha value is -2.21. The number of para-hydroxylation sites is 2. The highest BCUT2D eigenvalue weighted by atomic mass is 16.5. The Kier molecular flexibility index (Phi) is 5.98. The second kappa shape index (κ2) is 9.02. The first kappa shape index (κ1) is 23.2. The van der Waals surface area contributed by atoms with Crippen molar-refractivity contribution in [2.75, 3.05) is 6.61 Å². The molecule has 6 heteroatoms. The molecule has 0 spiro atoms. The molecule has 0 N–H and O–H groups in total. The van der Waals surface area contributed by atoms with E-state index in [1.807, 2.05) is 28.8 Å². The minimum Gasteiger partial charge on any atom is -0.461 e. The number of fused-ring (bicyclic) bond motifs is 4. The zero-order chi connectivity index (χ0) is 24.3. The molecule has 0 amide bonds. The minimum atomic E-state index is -0.618. The van der Waals surface area contributed by atoms with Crippen molar-refractivity contribution in [2.45, 2.75) is 96.3 Å². The molecule has 4 aliphatic rings. The van der Waals surface area contributed by atoms with E-state index < -0.39 is 5.97 Å². The molecule has 6 nitrogen and oxygen atoms in total. The molecule has 2 saturated heterocycles. The van der Waals surface area contributed by atoms with E-state index in [0.29, 0.717) is 23.6 Å². The van der Waals surface area contributed by atoms with Crippen molar-refractivity contribution in [3.05, 3.63) is 40.3 Å². The fourth-order valence-electron chi connectivity index (χ4n) is 8.50. The standard InChI is InChI=1S/C29H39N3O3/c1-4-35-29(34)27-28(33)32(25-11-6-5-10-24(25)30-27)23-15-21-8-7-9-22(16-23)31(21)18(3)13-20-14-19-12-17(2)26(19)20/h5-6,10-11,17-23,26H,4,7-9,12-16H2,1-3H3/t17-,18+,19-,20+,21-,22+,23?,26?/m1/s1. The number of rotatable bonds is 6. The molecule has 2 bridgehead atoms. The normalized spacial score (nSPS) is 35.0. The summed E-state index contributed by atoms with van der Waals surface area (Å²) in [6, 6.07) is 9.41. The van der Waals surface area contributed by atoms with E-state index in [1.165, 1.54) is 38.5 Å². The summed E-state index contributed by atoms with van der Waals surface area (Å²) in [7, 11) is 0. The van der Waals surface area contributed by atoms with Crippen molar-refractivity contribution in [2.24, 2.45) is 23.7 Å². The fourth-order valence-corrected chi connectivity index (χ4v) is 8.50. The summed E-state index contributed by atoms with van der Waals surface area (Å²) in [5.74, 6) is 3.23. The van der Waals surface area contributed by atoms with Crippen LogP contribution in [0.4, 0.5) is 0 Å². The molecule has 2 saturated carbocycles. The predicted octanol–water partition coefficient (Wildman–Crippen LogP) is 5.20. The molecular weight excluding hydrogens is 438 g/mol. The third-order valence-corrected chi connectivity index (χ3v) is 9.81. The molecule has 0 radical (unpaired) electrons. The van der Waals surface area contributed by atoms with Crippen molar-refractivity contribution in [1.29, 1.82) is 0 Å². The maximum Gasteiger partial charge on any atom is 0.362 e. The van der Waals surface area contributed by atoms with Gasteiger partial charge in [-0.05, 0) is 94.6 Å². The number of benzene rings is 1. The number of hydrogen-bond donors (Lipinski definition) is 0. The zero-order valence-corrected chi connectivity index (χ0v) is 21.4. The van der Waals surface area contributed by atoms with Gasteiger partial charge in [-0.15, -0.1) is 0 Å². The lowest BCUT2D eigenvalue weighted by atomic mass is 9.47. The van der Waals surface area contributed by atoms with Gasteiger partial charge in [0.25, 0.3) is 5.56 Å². The Morgan fingerprint density at radius 1 is 1.11 bits per heavy atom. The monoisotopic (exact) mass is 477 g/mol. The van der Waals surface area contributed by atoms with E-state index in [0.717, 1.165) is 42.0 Å². The van der Waals surface area contributed by atoms with Crippen molar-refractivity contribution < 1.29 is 9.53 Å². The molecule has 2 aromatic rings. The number of nitrogens with zero attached hydrogens (tertiary/aromatic N) is 3. The van der Waals surface area contributed by atoms with Crippen molar-refractivity contribution in [3.63, 3.8) is 0 Å². The van der Waals surface area contributed by atoms with Gasteiger partial charge >= 0.3 is 5.97 Å². The van der Waals surface area contributed by atoms with Gasteiger partial charge in [-0.25, -0.2) is 9.78 Å². The van der Waals surface area contributed by atoms with Crippen LogP contribution in [0.15, 0.2) is 29.1 Å². The first-order valence-electron chi connectivity index (χ1n) is 13.9. The summed E-state index contributed by atoms with van der Waals surface area (Å²) in [4.78, 5) is 33.5. The number of ether oxygens (including phenoxy) is 1. The van der Waals surface area contributed by atoms with Crippen LogP contribution in [0.3, 0.4) is 0 Å². The van der Waals surface area contributed by atoms with Crippen LogP contribution in [-0.4, -0.2) is 45.2 Å². The van der Waals surface area contributed by atoms with E-state index in [1.54, 1.807) is 6.92 Å². The number of esters is 1. The molecular formula is C29H39N3O3. The highest BCUT2D eigenvalue weighted by Crippen LogP contribution is 2.59. The molecule has 1 aromatic heterocycles. The van der Waals surface area contributed by atoms with Crippen LogP contribution in [-0.2, 0) is 4.74 Å². The van der Waals surface area contributed by atoms with Crippen LogP contribution in [0, 0.1) is 23.7 Å². The number of aromatic nitrogens is 2. The van der Waals surface area contributed by atoms with E-state index >= 15 is 0 Å². The van der Waals surface area contributed by atoms with Crippen molar-refractivity contribution >= 4 is 17.0 Å². The fraction of sp³-hybridized carbons (Fsp3) is 0.690. The molecule has 8 atom stereocenters. The SMILES string of the molecule is CCOC(=O)c1nc2ccccc2n(C2C[C@H]3CCC[C@@H](C2)N3[C@@H](C)C[C@H]2C[C@H]3C[C@@H](C)C23)c1=O. The van der Waals surface area contributed by atoms with Crippen molar-refractivity contribution in [1.82, 2.24) is 14.5 Å². The highest BCUT2D eigenvalue weighted by molar-refractivity contribution is 5.89. The van der Waals surface area contributed by atoms with Crippen molar-refractivity contribution in [3.8, 4) is 0 Å². The van der Waals surface area contributed by atoms with Crippen LogP contribution in [0.5, 0.6) is 0 Å². The molecule has 6 rings (SSSR count). The number of carbonyl (C=O) groups excluding carboxylic acids is 1. The third-order valence-electron chi connectivity index (χ3n) is 9.81. The quantitative estimate of drug-likeness (QED) is 0.535. The molecule has 4 fully saturated rings. The maximum absolute atomic E-state index is 13.6. The summed E-state index contributed by atoms with van der Waals surface area (Å²) in [6.45, 7) is 6.88. The Morgan fingerprint density at radius 3 is 2.54 bits per heavy atom. The van der Waals surface area contributed by atoms with Crippen LogP contribution < -0.4 is 5.56 Å². The average Bonchev–Trinajstić information content (AvgIpc) is 2.81. The lowest BCUT2D eigenvalue weighted by molar-refractivity contribution is -0.102. The second-order valence-corrected chi connectivity index (χ2v) is 11.8. The summed E-state index contributed by atoms with van der Waals surface area (Å²) in [5, 5.41) is 0. The Morgan fingerprint density at radius 2 is 1.86 bits per heavy atom. The topological polar surface area (TPSA) is 64.4 Å². The first-order chi connectivity index (χ1) is 17.0. The smallest absolute Gasteiger partial charge is 0.362 e. The number of carbonyl (C=O) groups is 1. The Balaban J connectivity index is 1.28. The predicted molar refractivity (Wildman–Crippen MR) is 136 cm³/mol. The van der Waals surface area contributed by atoms with Gasteiger partial charge in [-0.1, -0.05) is 25.5 Å². The van der Waals surface area contributed by atoms with Gasteiger partial charge in [0, 0.05) is 24.2 Å². The second-order valence-electron chi connectivity index (χ2n) is 11.8. The summed E-state index contributed by atoms with van der Waals surface area (Å²) < 4.78 is 7.07. The number of piperidine rings is 2. The molecule has 1 aromatic carbocycles. The lowest BCUT2D eigenvalue weighted by Gasteiger charge is -2.60. The van der Waals surface area contributed by atoms with Gasteiger partial charge in [0.1, 0.15) is 0 Å². The lowest BCUT2D eigenvalue weighted by Crippen LogP contribution is -2.58. The van der Waals surface area contributed by atoms with Gasteiger partial charge in [0.05, 0.1) is 17.6 Å². The molecule has 2 unspecified atom stereocenters. The number of hydrogen-bond acceptors (Lipinski definition) is 5. The molecule has 3 heterocycles. The van der Waals surface area contributed by atoms with E-state index in [2.05, 4.69) is 23.7 Å². The van der Waals surface area contributed by atoms with Crippen LogP contribution in [0.1, 0.15) is 88.7 Å². The molecule has 188 valence electrons. The maximum atomic E-state index is 13.6. The molecule has 2 aliphatic carbocycles. The van der Waals surface area contributed by atoms with Gasteiger partial charge in [-0.3, -0.25) is 9.69 Å². The third kappa shape index (κ3) is 3.83. The van der Waals surface area contributed by atoms with Crippen LogP contribution >= 0.6 is 0 Å². The summed E-state index contributed by atoms with van der Waals surface area (Å²) in [6.07, 6.45) is 9.83. The van der Waals surface area contributed by atoms with Crippen LogP contribution in [0.25, 0.3) is 11.0 Å². The van der Waals surface area contributed by atoms with E-state index in [4.69, 9.17) is 4.74 Å². The largest absolute Gasteiger partial charge is 0.461 e. The van der Waals surface area contributed by atoms with Gasteiger partial charge in [0.2, 0.25) is 5.69 Å². The Labute approximate surface area is 208 Å². The van der Waals surface area contributed by atoms with Crippen LogP contribution in [0.2, 0.25) is 0 Å². The van der Waals surface area contributed by atoms with Gasteiger partial charge < -0.3 is 9.30 Å². The Bertz CT molecular complexity index is 1160. The van der Waals surface area contributed by atoms with Gasteiger partial charge in [-0.2, -0.15) is 0 Å². The average molecular weight is 478 g/mol. The van der Waals surface area contributed by atoms with Gasteiger partial charge in [0.15, 0.2) is 0 Å². The first-order valence-corrected chi connectivity index (χ1v) is 13.9. The highest BCUT2D eigenvalue weighted by Gasteiger charge is 2.52. The molecule has 35 heavy (non-hydrogen) atoms. The summed E-state index contributed by atoms with van der Waals surface area (Å²) >= 11 is 0.